The van der Waals surface area contributed by atoms with E-state index in [1.54, 1.807) is 13.0 Å². The maximum Gasteiger partial charge on any atom is 0.341 e. The van der Waals surface area contributed by atoms with Crippen LogP contribution in [0.1, 0.15) is 27.4 Å². The summed E-state index contributed by atoms with van der Waals surface area (Å²) in [5, 5.41) is 3.09. The summed E-state index contributed by atoms with van der Waals surface area (Å²) in [6.45, 7) is 2.71. The van der Waals surface area contributed by atoms with Crippen molar-refractivity contribution >= 4 is 5.97 Å². The summed E-state index contributed by atoms with van der Waals surface area (Å²) >= 11 is 0. The molecule has 0 radical (unpaired) electrons. The fourth-order valence-electron chi connectivity index (χ4n) is 2.06. The molecule has 0 aliphatic heterocycles. The van der Waals surface area contributed by atoms with Gasteiger partial charge in [-0.3, -0.25) is 0 Å². The van der Waals surface area contributed by atoms with Crippen LogP contribution in [0.3, 0.4) is 0 Å². The van der Waals surface area contributed by atoms with E-state index in [-0.39, 0.29) is 6.61 Å². The number of ether oxygens (including phenoxy) is 2. The number of rotatable bonds is 6. The molecule has 2 aromatic rings. The van der Waals surface area contributed by atoms with Gasteiger partial charge >= 0.3 is 5.97 Å². The molecule has 1 aromatic heterocycles. The lowest BCUT2D eigenvalue weighted by Crippen LogP contribution is -2.07. The molecule has 5 heteroatoms. The van der Waals surface area contributed by atoms with Gasteiger partial charge in [-0.25, -0.2) is 4.79 Å². The van der Waals surface area contributed by atoms with E-state index >= 15 is 0 Å². The summed E-state index contributed by atoms with van der Waals surface area (Å²) in [5.74, 6) is 1.51. The first kappa shape index (κ1) is 15.1. The molecule has 0 saturated carbocycles. The molecule has 0 amide bonds. The predicted octanol–water partition coefficient (Wildman–Crippen LogP) is 2.67. The lowest BCUT2D eigenvalue weighted by atomic mass is 10.2. The van der Waals surface area contributed by atoms with Gasteiger partial charge in [0.2, 0.25) is 0 Å². The average molecular weight is 289 g/mol. The number of hydrogen-bond donors (Lipinski definition) is 1. The van der Waals surface area contributed by atoms with Crippen LogP contribution < -0.4 is 10.1 Å². The van der Waals surface area contributed by atoms with Crippen LogP contribution in [0, 0.1) is 6.92 Å². The van der Waals surface area contributed by atoms with Gasteiger partial charge in [0.1, 0.15) is 29.4 Å². The number of carbonyl (C=O) groups excluding carboxylic acids is 1. The van der Waals surface area contributed by atoms with Crippen molar-refractivity contribution in [2.45, 2.75) is 20.1 Å². The van der Waals surface area contributed by atoms with Crippen LogP contribution in [0.15, 0.2) is 34.7 Å². The normalized spacial score (nSPS) is 10.4. The Labute approximate surface area is 123 Å². The number of nitrogens with one attached hydrogen (secondary N) is 1. The van der Waals surface area contributed by atoms with Gasteiger partial charge in [0.25, 0.3) is 0 Å². The first-order valence-corrected chi connectivity index (χ1v) is 6.68. The van der Waals surface area contributed by atoms with Crippen LogP contribution in [0.25, 0.3) is 0 Å². The minimum absolute atomic E-state index is 0.262. The van der Waals surface area contributed by atoms with E-state index in [0.717, 1.165) is 17.9 Å². The Kier molecular flexibility index (Phi) is 5.00. The van der Waals surface area contributed by atoms with Gasteiger partial charge < -0.3 is 19.2 Å². The lowest BCUT2D eigenvalue weighted by molar-refractivity contribution is 0.0599. The Morgan fingerprint density at radius 1 is 1.33 bits per heavy atom. The maximum absolute atomic E-state index is 11.5. The van der Waals surface area contributed by atoms with Crippen LogP contribution in [-0.2, 0) is 17.9 Å². The second-order valence-electron chi connectivity index (χ2n) is 4.60. The third kappa shape index (κ3) is 3.64. The van der Waals surface area contributed by atoms with Gasteiger partial charge in [0.15, 0.2) is 0 Å². The topological polar surface area (TPSA) is 60.7 Å². The Hall–Kier alpha value is -2.27. The highest BCUT2D eigenvalue weighted by Gasteiger charge is 2.15. The smallest absolute Gasteiger partial charge is 0.341 e. The van der Waals surface area contributed by atoms with Crippen molar-refractivity contribution < 1.29 is 18.7 Å². The summed E-state index contributed by atoms with van der Waals surface area (Å²) in [4.78, 5) is 11.5. The molecule has 2 rings (SSSR count). The number of benzene rings is 1. The number of para-hydroxylation sites is 1. The Morgan fingerprint density at radius 2 is 2.10 bits per heavy atom. The quantitative estimate of drug-likeness (QED) is 0.828. The fraction of sp³-hybridized carbons (Fsp3) is 0.312. The number of carbonyl (C=O) groups is 1. The van der Waals surface area contributed by atoms with Crippen molar-refractivity contribution in [2.24, 2.45) is 0 Å². The summed E-state index contributed by atoms with van der Waals surface area (Å²) in [6.07, 6.45) is 0. The highest BCUT2D eigenvalue weighted by atomic mass is 16.5. The number of methoxy groups -OCH3 is 1. The zero-order valence-corrected chi connectivity index (χ0v) is 12.4. The molecule has 5 nitrogen and oxygen atoms in total. The van der Waals surface area contributed by atoms with E-state index in [2.05, 4.69) is 5.32 Å². The van der Waals surface area contributed by atoms with Gasteiger partial charge in [-0.05, 0) is 26.1 Å². The van der Waals surface area contributed by atoms with Crippen molar-refractivity contribution in [3.63, 3.8) is 0 Å². The highest BCUT2D eigenvalue weighted by molar-refractivity contribution is 5.90. The van der Waals surface area contributed by atoms with Crippen LogP contribution in [0.5, 0.6) is 5.75 Å². The van der Waals surface area contributed by atoms with Gasteiger partial charge in [0.05, 0.1) is 7.11 Å². The maximum atomic E-state index is 11.5. The number of aryl methyl sites for hydroxylation is 1. The number of hydrogen-bond acceptors (Lipinski definition) is 5. The van der Waals surface area contributed by atoms with Gasteiger partial charge in [0, 0.05) is 12.1 Å². The Balaban J connectivity index is 2.08. The molecule has 0 saturated heterocycles. The first-order chi connectivity index (χ1) is 10.2. The van der Waals surface area contributed by atoms with E-state index in [1.165, 1.54) is 7.11 Å². The molecular formula is C16H19NO4. The van der Waals surface area contributed by atoms with Crippen molar-refractivity contribution in [1.82, 2.24) is 5.32 Å². The standard InChI is InChI=1S/C16H19NO4/c1-11-14(16(18)19-3)8-13(21-11)10-20-15-7-5-4-6-12(15)9-17-2/h4-8,17H,9-10H2,1-3H3. The molecule has 1 heterocycles. The van der Waals surface area contributed by atoms with Crippen molar-refractivity contribution in [3.05, 3.63) is 53.0 Å². The van der Waals surface area contributed by atoms with Crippen LogP contribution in [0.2, 0.25) is 0 Å². The van der Waals surface area contributed by atoms with Gasteiger partial charge in [-0.2, -0.15) is 0 Å². The molecule has 0 unspecified atom stereocenters. The van der Waals surface area contributed by atoms with E-state index in [4.69, 9.17) is 13.9 Å². The molecule has 0 bridgehead atoms. The molecule has 21 heavy (non-hydrogen) atoms. The van der Waals surface area contributed by atoms with Crippen molar-refractivity contribution in [1.29, 1.82) is 0 Å². The van der Waals surface area contributed by atoms with Gasteiger partial charge in [-0.15, -0.1) is 0 Å². The first-order valence-electron chi connectivity index (χ1n) is 6.68. The fourth-order valence-corrected chi connectivity index (χ4v) is 2.06. The molecule has 0 fully saturated rings. The van der Waals surface area contributed by atoms with Crippen molar-refractivity contribution in [2.75, 3.05) is 14.2 Å². The predicted molar refractivity (Wildman–Crippen MR) is 78.3 cm³/mol. The molecule has 0 aliphatic rings. The minimum atomic E-state index is -0.405. The SMILES string of the molecule is CNCc1ccccc1OCc1cc(C(=O)OC)c(C)o1. The third-order valence-corrected chi connectivity index (χ3v) is 3.08. The molecule has 0 spiro atoms. The molecule has 112 valence electrons. The summed E-state index contributed by atoms with van der Waals surface area (Å²) in [5.41, 5.74) is 1.50. The molecule has 1 aromatic carbocycles. The van der Waals surface area contributed by atoms with E-state index < -0.39 is 5.97 Å². The second kappa shape index (κ2) is 6.95. The van der Waals surface area contributed by atoms with Crippen LogP contribution >= 0.6 is 0 Å². The Bertz CT molecular complexity index is 618. The van der Waals surface area contributed by atoms with E-state index in [9.17, 15) is 4.79 Å². The number of esters is 1. The minimum Gasteiger partial charge on any atom is -0.485 e. The molecule has 0 atom stereocenters. The zero-order valence-electron chi connectivity index (χ0n) is 12.4. The summed E-state index contributed by atoms with van der Waals surface area (Å²) in [7, 11) is 3.23. The molecule has 0 aliphatic carbocycles. The molecular weight excluding hydrogens is 270 g/mol. The summed E-state index contributed by atoms with van der Waals surface area (Å²) < 4.78 is 16.0. The van der Waals surface area contributed by atoms with Crippen molar-refractivity contribution in [3.8, 4) is 5.75 Å². The zero-order chi connectivity index (χ0) is 15.2. The van der Waals surface area contributed by atoms with E-state index in [1.807, 2.05) is 31.3 Å². The van der Waals surface area contributed by atoms with Crippen LogP contribution in [0.4, 0.5) is 0 Å². The summed E-state index contributed by atoms with van der Waals surface area (Å²) in [6, 6.07) is 9.44. The van der Waals surface area contributed by atoms with Gasteiger partial charge in [-0.1, -0.05) is 18.2 Å². The Morgan fingerprint density at radius 3 is 2.81 bits per heavy atom. The second-order valence-corrected chi connectivity index (χ2v) is 4.60. The third-order valence-electron chi connectivity index (χ3n) is 3.08. The highest BCUT2D eigenvalue weighted by Crippen LogP contribution is 2.21. The largest absolute Gasteiger partial charge is 0.485 e. The van der Waals surface area contributed by atoms with E-state index in [0.29, 0.717) is 17.1 Å². The monoisotopic (exact) mass is 289 g/mol. The lowest BCUT2D eigenvalue weighted by Gasteiger charge is -2.09. The number of furan rings is 1. The van der Waals surface area contributed by atoms with Crippen LogP contribution in [-0.4, -0.2) is 20.1 Å². The average Bonchev–Trinajstić information content (AvgIpc) is 2.87. The molecule has 1 N–H and O–H groups in total.